The van der Waals surface area contributed by atoms with E-state index in [9.17, 15) is 0 Å². The molecule has 19 heavy (non-hydrogen) atoms. The number of rotatable bonds is 5. The Balaban J connectivity index is 1.81. The molecule has 2 heterocycles. The van der Waals surface area contributed by atoms with E-state index in [-0.39, 0.29) is 0 Å². The van der Waals surface area contributed by atoms with Gasteiger partial charge in [0.15, 0.2) is 0 Å². The zero-order chi connectivity index (χ0) is 13.8. The SMILES string of the molecule is CC(C)CCCC(C)N1CC2CCCCN2CC1C. The highest BCUT2D eigenvalue weighted by Crippen LogP contribution is 2.26. The first-order valence-electron chi connectivity index (χ1n) is 8.57. The Bertz CT molecular complexity index is 264. The number of nitrogens with zero attached hydrogens (tertiary/aromatic N) is 2. The number of piperazine rings is 1. The van der Waals surface area contributed by atoms with Crippen LogP contribution >= 0.6 is 0 Å². The van der Waals surface area contributed by atoms with E-state index in [1.54, 1.807) is 0 Å². The van der Waals surface area contributed by atoms with E-state index in [0.717, 1.165) is 24.0 Å². The van der Waals surface area contributed by atoms with Crippen LogP contribution in [0, 0.1) is 5.92 Å². The molecule has 2 nitrogen and oxygen atoms in total. The summed E-state index contributed by atoms with van der Waals surface area (Å²) in [5.41, 5.74) is 0. The monoisotopic (exact) mass is 266 g/mol. The minimum absolute atomic E-state index is 0.753. The van der Waals surface area contributed by atoms with Gasteiger partial charge >= 0.3 is 0 Å². The maximum atomic E-state index is 2.80. The lowest BCUT2D eigenvalue weighted by Gasteiger charge is -2.49. The molecule has 0 aromatic heterocycles. The average molecular weight is 266 g/mol. The molecule has 0 radical (unpaired) electrons. The van der Waals surface area contributed by atoms with E-state index >= 15 is 0 Å². The molecule has 0 aliphatic carbocycles. The minimum Gasteiger partial charge on any atom is -0.298 e. The lowest BCUT2D eigenvalue weighted by molar-refractivity contribution is -0.00620. The molecular weight excluding hydrogens is 232 g/mol. The van der Waals surface area contributed by atoms with Crippen LogP contribution in [-0.2, 0) is 0 Å². The van der Waals surface area contributed by atoms with Gasteiger partial charge in [0.05, 0.1) is 0 Å². The van der Waals surface area contributed by atoms with Gasteiger partial charge in [0.1, 0.15) is 0 Å². The molecule has 2 heteroatoms. The summed E-state index contributed by atoms with van der Waals surface area (Å²) < 4.78 is 0. The van der Waals surface area contributed by atoms with Crippen LogP contribution in [0.15, 0.2) is 0 Å². The third-order valence-electron chi connectivity index (χ3n) is 5.21. The van der Waals surface area contributed by atoms with Crippen molar-refractivity contribution in [2.45, 2.75) is 84.3 Å². The Hall–Kier alpha value is -0.0800. The lowest BCUT2D eigenvalue weighted by Crippen LogP contribution is -2.60. The largest absolute Gasteiger partial charge is 0.298 e. The summed E-state index contributed by atoms with van der Waals surface area (Å²) in [5.74, 6) is 0.861. The molecule has 112 valence electrons. The summed E-state index contributed by atoms with van der Waals surface area (Å²) in [4.78, 5) is 5.55. The molecule has 2 aliphatic rings. The van der Waals surface area contributed by atoms with Gasteiger partial charge in [-0.1, -0.05) is 33.1 Å². The molecule has 0 saturated carbocycles. The Labute approximate surface area is 120 Å². The first kappa shape index (κ1) is 15.3. The second kappa shape index (κ2) is 7.08. The first-order chi connectivity index (χ1) is 9.08. The van der Waals surface area contributed by atoms with E-state index in [4.69, 9.17) is 0 Å². The predicted molar refractivity (Wildman–Crippen MR) is 83.5 cm³/mol. The molecule has 2 rings (SSSR count). The Morgan fingerprint density at radius 2 is 1.84 bits per heavy atom. The Morgan fingerprint density at radius 3 is 2.58 bits per heavy atom. The molecule has 0 aromatic rings. The van der Waals surface area contributed by atoms with Crippen molar-refractivity contribution in [3.05, 3.63) is 0 Å². The highest BCUT2D eigenvalue weighted by molar-refractivity contribution is 4.90. The third kappa shape index (κ3) is 4.19. The Kier molecular flexibility index (Phi) is 5.70. The zero-order valence-corrected chi connectivity index (χ0v) is 13.6. The maximum Gasteiger partial charge on any atom is 0.0224 e. The van der Waals surface area contributed by atoms with Crippen LogP contribution in [0.5, 0.6) is 0 Å². The van der Waals surface area contributed by atoms with Crippen LogP contribution in [0.4, 0.5) is 0 Å². The molecule has 0 bridgehead atoms. The number of hydrogen-bond donors (Lipinski definition) is 0. The lowest BCUT2D eigenvalue weighted by atomic mass is 9.94. The fourth-order valence-electron chi connectivity index (χ4n) is 3.98. The summed E-state index contributed by atoms with van der Waals surface area (Å²) in [6.07, 6.45) is 8.48. The average Bonchev–Trinajstić information content (AvgIpc) is 2.37. The second-order valence-corrected chi connectivity index (χ2v) is 7.36. The fraction of sp³-hybridized carbons (Fsp3) is 1.00. The molecule has 0 aromatic carbocycles. The van der Waals surface area contributed by atoms with Crippen molar-refractivity contribution in [2.75, 3.05) is 19.6 Å². The van der Waals surface area contributed by atoms with E-state index in [1.165, 1.54) is 58.2 Å². The molecule has 2 fully saturated rings. The summed E-state index contributed by atoms with van der Waals surface area (Å²) in [7, 11) is 0. The molecular formula is C17H34N2. The van der Waals surface area contributed by atoms with Gasteiger partial charge in [-0.3, -0.25) is 9.80 Å². The maximum absolute atomic E-state index is 2.80. The van der Waals surface area contributed by atoms with Crippen LogP contribution in [0.25, 0.3) is 0 Å². The molecule has 2 aliphatic heterocycles. The van der Waals surface area contributed by atoms with Crippen molar-refractivity contribution in [2.24, 2.45) is 5.92 Å². The smallest absolute Gasteiger partial charge is 0.0224 e. The highest BCUT2D eigenvalue weighted by atomic mass is 15.3. The number of fused-ring (bicyclic) bond motifs is 1. The van der Waals surface area contributed by atoms with Crippen molar-refractivity contribution in [1.82, 2.24) is 9.80 Å². The topological polar surface area (TPSA) is 6.48 Å². The second-order valence-electron chi connectivity index (χ2n) is 7.36. The fourth-order valence-corrected chi connectivity index (χ4v) is 3.98. The minimum atomic E-state index is 0.753. The number of hydrogen-bond acceptors (Lipinski definition) is 2. The third-order valence-corrected chi connectivity index (χ3v) is 5.21. The summed E-state index contributed by atoms with van der Waals surface area (Å²) in [5, 5.41) is 0. The van der Waals surface area contributed by atoms with Gasteiger partial charge < -0.3 is 0 Å². The molecule has 3 atom stereocenters. The van der Waals surface area contributed by atoms with Gasteiger partial charge in [0.25, 0.3) is 0 Å². The van der Waals surface area contributed by atoms with E-state index in [1.807, 2.05) is 0 Å². The van der Waals surface area contributed by atoms with Gasteiger partial charge in [0, 0.05) is 31.2 Å². The summed E-state index contributed by atoms with van der Waals surface area (Å²) >= 11 is 0. The van der Waals surface area contributed by atoms with Gasteiger partial charge in [-0.15, -0.1) is 0 Å². The van der Waals surface area contributed by atoms with Crippen LogP contribution in [0.3, 0.4) is 0 Å². The van der Waals surface area contributed by atoms with Crippen molar-refractivity contribution in [3.8, 4) is 0 Å². The standard InChI is InChI=1S/C17H34N2/c1-14(2)8-7-9-15(3)19-13-17-10-5-6-11-18(17)12-16(19)4/h14-17H,5-13H2,1-4H3. The summed E-state index contributed by atoms with van der Waals surface area (Å²) in [6.45, 7) is 13.6. The van der Waals surface area contributed by atoms with Crippen LogP contribution < -0.4 is 0 Å². The van der Waals surface area contributed by atoms with Crippen molar-refractivity contribution >= 4 is 0 Å². The number of piperidine rings is 1. The quantitative estimate of drug-likeness (QED) is 0.747. The Morgan fingerprint density at radius 1 is 1.05 bits per heavy atom. The van der Waals surface area contributed by atoms with E-state index < -0.39 is 0 Å². The summed E-state index contributed by atoms with van der Waals surface area (Å²) in [6, 6.07) is 2.39. The molecule has 0 N–H and O–H groups in total. The van der Waals surface area contributed by atoms with Crippen molar-refractivity contribution in [1.29, 1.82) is 0 Å². The van der Waals surface area contributed by atoms with Gasteiger partial charge in [-0.05, 0) is 45.6 Å². The van der Waals surface area contributed by atoms with Gasteiger partial charge in [-0.2, -0.15) is 0 Å². The normalized spacial score (nSPS) is 31.4. The predicted octanol–water partition coefficient (Wildman–Crippen LogP) is 3.76. The molecule has 2 saturated heterocycles. The van der Waals surface area contributed by atoms with E-state index in [0.29, 0.717) is 0 Å². The molecule has 3 unspecified atom stereocenters. The van der Waals surface area contributed by atoms with Crippen LogP contribution in [0.2, 0.25) is 0 Å². The molecule has 0 amide bonds. The van der Waals surface area contributed by atoms with Crippen LogP contribution in [0.1, 0.15) is 66.2 Å². The van der Waals surface area contributed by atoms with Gasteiger partial charge in [-0.25, -0.2) is 0 Å². The highest BCUT2D eigenvalue weighted by Gasteiger charge is 2.34. The van der Waals surface area contributed by atoms with Gasteiger partial charge in [0.2, 0.25) is 0 Å². The first-order valence-corrected chi connectivity index (χ1v) is 8.57. The van der Waals surface area contributed by atoms with E-state index in [2.05, 4.69) is 37.5 Å². The molecule has 0 spiro atoms. The zero-order valence-electron chi connectivity index (χ0n) is 13.6. The van der Waals surface area contributed by atoms with Crippen molar-refractivity contribution in [3.63, 3.8) is 0 Å². The van der Waals surface area contributed by atoms with Crippen LogP contribution in [-0.4, -0.2) is 47.6 Å². The van der Waals surface area contributed by atoms with Crippen molar-refractivity contribution < 1.29 is 0 Å².